The van der Waals surface area contributed by atoms with Crippen molar-refractivity contribution in [1.29, 1.82) is 0 Å². The molecule has 4 nitrogen and oxygen atoms in total. The molecule has 0 aliphatic rings. The predicted octanol–water partition coefficient (Wildman–Crippen LogP) is 1.45. The molecule has 0 radical (unpaired) electrons. The highest BCUT2D eigenvalue weighted by Crippen LogP contribution is 2.01. The van der Waals surface area contributed by atoms with E-state index < -0.39 is 17.9 Å². The number of rotatable bonds is 5. The second-order valence-corrected chi connectivity index (χ2v) is 3.25. The van der Waals surface area contributed by atoms with Crippen LogP contribution in [0.2, 0.25) is 0 Å². The van der Waals surface area contributed by atoms with Crippen LogP contribution in [-0.4, -0.2) is 23.0 Å². The van der Waals surface area contributed by atoms with Crippen LogP contribution in [0.3, 0.4) is 0 Å². The Kier molecular flexibility index (Phi) is 4.27. The lowest BCUT2D eigenvalue weighted by Crippen LogP contribution is -2.40. The maximum absolute atomic E-state index is 11.6. The van der Waals surface area contributed by atoms with Crippen LogP contribution in [0.15, 0.2) is 43.0 Å². The van der Waals surface area contributed by atoms with Gasteiger partial charge in [-0.2, -0.15) is 0 Å². The lowest BCUT2D eigenvalue weighted by atomic mass is 10.1. The van der Waals surface area contributed by atoms with E-state index in [9.17, 15) is 9.59 Å². The SMILES string of the molecule is C=CC[C@@H](NC(=O)c1ccccc1)C(=O)O. The van der Waals surface area contributed by atoms with Gasteiger partial charge >= 0.3 is 5.97 Å². The maximum Gasteiger partial charge on any atom is 0.326 e. The van der Waals surface area contributed by atoms with Crippen molar-refractivity contribution in [3.8, 4) is 0 Å². The Bertz CT molecular complexity index is 387. The fraction of sp³-hybridized carbons (Fsp3) is 0.167. The van der Waals surface area contributed by atoms with Crippen molar-refractivity contribution in [2.75, 3.05) is 0 Å². The number of nitrogens with one attached hydrogen (secondary N) is 1. The van der Waals surface area contributed by atoms with Gasteiger partial charge in [0, 0.05) is 5.56 Å². The van der Waals surface area contributed by atoms with Gasteiger partial charge in [0.05, 0.1) is 0 Å². The van der Waals surface area contributed by atoms with Crippen LogP contribution in [-0.2, 0) is 4.79 Å². The molecule has 1 rings (SSSR count). The molecule has 16 heavy (non-hydrogen) atoms. The van der Waals surface area contributed by atoms with Gasteiger partial charge in [-0.15, -0.1) is 6.58 Å². The lowest BCUT2D eigenvalue weighted by molar-refractivity contribution is -0.139. The Morgan fingerprint density at radius 1 is 1.38 bits per heavy atom. The van der Waals surface area contributed by atoms with Crippen molar-refractivity contribution >= 4 is 11.9 Å². The number of carboxylic acid groups (broad SMARTS) is 1. The summed E-state index contributed by atoms with van der Waals surface area (Å²) >= 11 is 0. The van der Waals surface area contributed by atoms with Crippen molar-refractivity contribution in [3.63, 3.8) is 0 Å². The summed E-state index contributed by atoms with van der Waals surface area (Å²) in [6.07, 6.45) is 1.66. The minimum Gasteiger partial charge on any atom is -0.480 e. The number of aliphatic carboxylic acids is 1. The van der Waals surface area contributed by atoms with Crippen LogP contribution in [0, 0.1) is 0 Å². The molecule has 0 aliphatic carbocycles. The Hall–Kier alpha value is -2.10. The second-order valence-electron chi connectivity index (χ2n) is 3.25. The first-order chi connectivity index (χ1) is 7.65. The van der Waals surface area contributed by atoms with Crippen LogP contribution in [0.5, 0.6) is 0 Å². The Morgan fingerprint density at radius 2 is 2.00 bits per heavy atom. The van der Waals surface area contributed by atoms with E-state index in [0.29, 0.717) is 5.56 Å². The number of carbonyl (C=O) groups is 2. The van der Waals surface area contributed by atoms with E-state index in [2.05, 4.69) is 11.9 Å². The smallest absolute Gasteiger partial charge is 0.326 e. The molecule has 1 aromatic rings. The first-order valence-electron chi connectivity index (χ1n) is 4.84. The van der Waals surface area contributed by atoms with Crippen molar-refractivity contribution in [2.24, 2.45) is 0 Å². The van der Waals surface area contributed by atoms with Gasteiger partial charge in [-0.05, 0) is 18.6 Å². The normalized spacial score (nSPS) is 11.5. The molecule has 84 valence electrons. The van der Waals surface area contributed by atoms with Crippen LogP contribution >= 0.6 is 0 Å². The summed E-state index contributed by atoms with van der Waals surface area (Å²) in [5.41, 5.74) is 0.442. The Balaban J connectivity index is 2.69. The highest BCUT2D eigenvalue weighted by molar-refractivity contribution is 5.96. The molecule has 0 unspecified atom stereocenters. The first-order valence-corrected chi connectivity index (χ1v) is 4.84. The number of benzene rings is 1. The zero-order valence-corrected chi connectivity index (χ0v) is 8.72. The summed E-state index contributed by atoms with van der Waals surface area (Å²) in [5.74, 6) is -1.46. The van der Waals surface area contributed by atoms with Gasteiger partial charge in [-0.1, -0.05) is 24.3 Å². The standard InChI is InChI=1S/C12H13NO3/c1-2-6-10(12(15)16)13-11(14)9-7-4-3-5-8-9/h2-5,7-8,10H,1,6H2,(H,13,14)(H,15,16)/t10-/m1/s1. The van der Waals surface area contributed by atoms with E-state index in [1.54, 1.807) is 30.3 Å². The van der Waals surface area contributed by atoms with Crippen LogP contribution in [0.4, 0.5) is 0 Å². The predicted molar refractivity (Wildman–Crippen MR) is 60.1 cm³/mol. The largest absolute Gasteiger partial charge is 0.480 e. The van der Waals surface area contributed by atoms with Gasteiger partial charge in [-0.25, -0.2) is 4.79 Å². The second kappa shape index (κ2) is 5.70. The molecule has 1 amide bonds. The summed E-state index contributed by atoms with van der Waals surface area (Å²) in [4.78, 5) is 22.4. The molecule has 2 N–H and O–H groups in total. The van der Waals surface area contributed by atoms with Crippen molar-refractivity contribution in [1.82, 2.24) is 5.32 Å². The van der Waals surface area contributed by atoms with E-state index >= 15 is 0 Å². The topological polar surface area (TPSA) is 66.4 Å². The molecular formula is C12H13NO3. The van der Waals surface area contributed by atoms with E-state index in [1.165, 1.54) is 6.08 Å². The van der Waals surface area contributed by atoms with E-state index in [1.807, 2.05) is 0 Å². The molecule has 4 heteroatoms. The van der Waals surface area contributed by atoms with E-state index in [4.69, 9.17) is 5.11 Å². The summed E-state index contributed by atoms with van der Waals surface area (Å²) in [7, 11) is 0. The molecule has 0 fully saturated rings. The van der Waals surface area contributed by atoms with Crippen LogP contribution in [0.25, 0.3) is 0 Å². The fourth-order valence-corrected chi connectivity index (χ4v) is 1.22. The summed E-state index contributed by atoms with van der Waals surface area (Å²) in [6.45, 7) is 3.45. The molecule has 1 atom stereocenters. The zero-order chi connectivity index (χ0) is 12.0. The summed E-state index contributed by atoms with van der Waals surface area (Å²) < 4.78 is 0. The molecule has 0 aliphatic heterocycles. The van der Waals surface area contributed by atoms with Gasteiger partial charge in [0.2, 0.25) is 0 Å². The third-order valence-electron chi connectivity index (χ3n) is 2.04. The molecule has 0 bridgehead atoms. The van der Waals surface area contributed by atoms with Gasteiger partial charge in [0.1, 0.15) is 6.04 Å². The van der Waals surface area contributed by atoms with E-state index in [0.717, 1.165) is 0 Å². The molecule has 0 heterocycles. The maximum atomic E-state index is 11.6. The fourth-order valence-electron chi connectivity index (χ4n) is 1.22. The van der Waals surface area contributed by atoms with Crippen molar-refractivity contribution in [2.45, 2.75) is 12.5 Å². The quantitative estimate of drug-likeness (QED) is 0.736. The lowest BCUT2D eigenvalue weighted by Gasteiger charge is -2.12. The minimum atomic E-state index is -1.07. The van der Waals surface area contributed by atoms with Gasteiger partial charge in [-0.3, -0.25) is 4.79 Å². The highest BCUT2D eigenvalue weighted by atomic mass is 16.4. The number of hydrogen-bond acceptors (Lipinski definition) is 2. The number of hydrogen-bond donors (Lipinski definition) is 2. The van der Waals surface area contributed by atoms with Crippen LogP contribution in [0.1, 0.15) is 16.8 Å². The minimum absolute atomic E-state index is 0.202. The zero-order valence-electron chi connectivity index (χ0n) is 8.72. The molecule has 1 aromatic carbocycles. The van der Waals surface area contributed by atoms with Crippen LogP contribution < -0.4 is 5.32 Å². The van der Waals surface area contributed by atoms with Gasteiger partial charge in [0.25, 0.3) is 5.91 Å². The molecule has 0 spiro atoms. The average Bonchev–Trinajstić information content (AvgIpc) is 2.29. The number of amides is 1. The third-order valence-corrected chi connectivity index (χ3v) is 2.04. The van der Waals surface area contributed by atoms with Crippen molar-refractivity contribution in [3.05, 3.63) is 48.6 Å². The Morgan fingerprint density at radius 3 is 2.50 bits per heavy atom. The Labute approximate surface area is 93.6 Å². The van der Waals surface area contributed by atoms with Crippen molar-refractivity contribution < 1.29 is 14.7 Å². The number of carbonyl (C=O) groups excluding carboxylic acids is 1. The average molecular weight is 219 g/mol. The molecule has 0 saturated carbocycles. The number of carboxylic acids is 1. The summed E-state index contributed by atoms with van der Waals surface area (Å²) in [6, 6.07) is 7.56. The van der Waals surface area contributed by atoms with Gasteiger partial charge in [0.15, 0.2) is 0 Å². The molecular weight excluding hydrogens is 206 g/mol. The first kappa shape index (κ1) is 12.0. The summed E-state index contributed by atoms with van der Waals surface area (Å²) in [5, 5.41) is 11.3. The van der Waals surface area contributed by atoms with E-state index in [-0.39, 0.29) is 6.42 Å². The highest BCUT2D eigenvalue weighted by Gasteiger charge is 2.18. The molecule has 0 aromatic heterocycles. The third kappa shape index (κ3) is 3.24. The van der Waals surface area contributed by atoms with Gasteiger partial charge < -0.3 is 10.4 Å². The monoisotopic (exact) mass is 219 g/mol. The molecule has 0 saturated heterocycles.